The summed E-state index contributed by atoms with van der Waals surface area (Å²) in [5.74, 6) is -0.384. The van der Waals surface area contributed by atoms with E-state index in [0.717, 1.165) is 37.1 Å². The lowest BCUT2D eigenvalue weighted by Gasteiger charge is -2.38. The molecule has 0 bridgehead atoms. The van der Waals surface area contributed by atoms with Crippen LogP contribution in [0.5, 0.6) is 0 Å². The third kappa shape index (κ3) is 4.27. The third-order valence-electron chi connectivity index (χ3n) is 6.86. The van der Waals surface area contributed by atoms with Gasteiger partial charge >= 0.3 is 0 Å². The maximum Gasteiger partial charge on any atom is 0.277 e. The number of amides is 2. The number of hydrogen-bond acceptors (Lipinski definition) is 5. The lowest BCUT2D eigenvalue weighted by molar-refractivity contribution is -0.139. The molecule has 6 nitrogen and oxygen atoms in total. The van der Waals surface area contributed by atoms with Crippen LogP contribution in [0.15, 0.2) is 54.2 Å². The predicted octanol–water partition coefficient (Wildman–Crippen LogP) is 3.38. The van der Waals surface area contributed by atoms with E-state index in [1.807, 2.05) is 31.2 Å². The highest BCUT2D eigenvalue weighted by atomic mass is 16.5. The number of hydrogen-bond donors (Lipinski definition) is 0. The maximum absolute atomic E-state index is 13.6. The van der Waals surface area contributed by atoms with E-state index >= 15 is 0 Å². The Kier molecular flexibility index (Phi) is 5.94. The van der Waals surface area contributed by atoms with Crippen molar-refractivity contribution in [1.82, 2.24) is 9.80 Å². The van der Waals surface area contributed by atoms with Gasteiger partial charge in [-0.25, -0.2) is 0 Å². The molecule has 33 heavy (non-hydrogen) atoms. The number of anilines is 1. The van der Waals surface area contributed by atoms with Gasteiger partial charge in [-0.05, 0) is 49.9 Å². The molecule has 172 valence electrons. The van der Waals surface area contributed by atoms with Crippen molar-refractivity contribution in [1.29, 1.82) is 0 Å². The van der Waals surface area contributed by atoms with Crippen LogP contribution in [0.4, 0.5) is 5.69 Å². The number of ether oxygens (including phenoxy) is 1. The average molecular weight is 446 g/mol. The Hall–Kier alpha value is -3.12. The second-order valence-electron chi connectivity index (χ2n) is 9.26. The molecule has 5 rings (SSSR count). The lowest BCUT2D eigenvalue weighted by atomic mass is 10.0. The van der Waals surface area contributed by atoms with Gasteiger partial charge in [-0.3, -0.25) is 14.5 Å². The molecule has 0 saturated carbocycles. The predicted molar refractivity (Wildman–Crippen MR) is 129 cm³/mol. The summed E-state index contributed by atoms with van der Waals surface area (Å²) in [6.45, 7) is 8.17. The van der Waals surface area contributed by atoms with Gasteiger partial charge in [0.15, 0.2) is 0 Å². The first-order chi connectivity index (χ1) is 16.0. The minimum Gasteiger partial charge on any atom is -0.376 e. The number of benzene rings is 2. The van der Waals surface area contributed by atoms with Gasteiger partial charge in [0, 0.05) is 38.5 Å². The first-order valence-corrected chi connectivity index (χ1v) is 11.9. The molecule has 0 spiro atoms. The zero-order chi connectivity index (χ0) is 22.9. The minimum absolute atomic E-state index is 0.0605. The standard InChI is InChI=1S/C27H31N3O3/c1-19-8-10-21(11-9-19)24-25(27(32)30(26(24)31)18-23-7-4-16-33-23)29-14-12-28(13-15-29)22-6-3-5-20(2)17-22/h3,5-6,8-11,17,23H,4,7,12-16,18H2,1-2H3. The monoisotopic (exact) mass is 445 g/mol. The molecule has 0 aromatic heterocycles. The van der Waals surface area contributed by atoms with Crippen molar-refractivity contribution in [3.05, 3.63) is 70.9 Å². The highest BCUT2D eigenvalue weighted by Gasteiger charge is 2.43. The molecule has 0 radical (unpaired) electrons. The second-order valence-corrected chi connectivity index (χ2v) is 9.26. The van der Waals surface area contributed by atoms with E-state index in [2.05, 4.69) is 41.0 Å². The van der Waals surface area contributed by atoms with Crippen molar-refractivity contribution < 1.29 is 14.3 Å². The van der Waals surface area contributed by atoms with Crippen molar-refractivity contribution in [2.24, 2.45) is 0 Å². The van der Waals surface area contributed by atoms with Crippen LogP contribution < -0.4 is 4.90 Å². The van der Waals surface area contributed by atoms with Crippen molar-refractivity contribution in [3.8, 4) is 0 Å². The zero-order valence-electron chi connectivity index (χ0n) is 19.4. The van der Waals surface area contributed by atoms with Crippen LogP contribution >= 0.6 is 0 Å². The van der Waals surface area contributed by atoms with Gasteiger partial charge in [0.2, 0.25) is 0 Å². The Labute approximate surface area is 195 Å². The van der Waals surface area contributed by atoms with Crippen molar-refractivity contribution >= 4 is 23.1 Å². The van der Waals surface area contributed by atoms with Crippen LogP contribution in [0.3, 0.4) is 0 Å². The first kappa shape index (κ1) is 21.7. The Balaban J connectivity index is 1.42. The number of rotatable bonds is 5. The van der Waals surface area contributed by atoms with Gasteiger partial charge in [-0.2, -0.15) is 0 Å². The summed E-state index contributed by atoms with van der Waals surface area (Å²) >= 11 is 0. The van der Waals surface area contributed by atoms with E-state index in [9.17, 15) is 9.59 Å². The molecule has 3 aliphatic heterocycles. The molecule has 1 unspecified atom stereocenters. The van der Waals surface area contributed by atoms with Crippen molar-refractivity contribution in [3.63, 3.8) is 0 Å². The van der Waals surface area contributed by atoms with E-state index in [0.29, 0.717) is 37.5 Å². The summed E-state index contributed by atoms with van der Waals surface area (Å²) < 4.78 is 5.74. The molecule has 3 heterocycles. The van der Waals surface area contributed by atoms with E-state index in [1.165, 1.54) is 16.2 Å². The molecule has 2 fully saturated rings. The number of imide groups is 1. The van der Waals surface area contributed by atoms with Crippen LogP contribution in [0.2, 0.25) is 0 Å². The molecule has 2 amide bonds. The Morgan fingerprint density at radius 1 is 0.879 bits per heavy atom. The van der Waals surface area contributed by atoms with Gasteiger partial charge in [-0.15, -0.1) is 0 Å². The van der Waals surface area contributed by atoms with Crippen LogP contribution in [-0.2, 0) is 14.3 Å². The first-order valence-electron chi connectivity index (χ1n) is 11.9. The van der Waals surface area contributed by atoms with Crippen LogP contribution in [0.1, 0.15) is 29.5 Å². The number of carbonyl (C=O) groups is 2. The average Bonchev–Trinajstić information content (AvgIpc) is 3.42. The third-order valence-corrected chi connectivity index (χ3v) is 6.86. The van der Waals surface area contributed by atoms with E-state index in [4.69, 9.17) is 4.74 Å². The van der Waals surface area contributed by atoms with Gasteiger partial charge in [-0.1, -0.05) is 42.0 Å². The fourth-order valence-corrected chi connectivity index (χ4v) is 5.01. The highest BCUT2D eigenvalue weighted by molar-refractivity contribution is 6.35. The van der Waals surface area contributed by atoms with E-state index in [-0.39, 0.29) is 17.9 Å². The topological polar surface area (TPSA) is 53.1 Å². The summed E-state index contributed by atoms with van der Waals surface area (Å²) in [5, 5.41) is 0. The molecule has 2 aromatic rings. The summed E-state index contributed by atoms with van der Waals surface area (Å²) in [6.07, 6.45) is 1.81. The number of aryl methyl sites for hydroxylation is 2. The highest BCUT2D eigenvalue weighted by Crippen LogP contribution is 2.33. The van der Waals surface area contributed by atoms with Crippen LogP contribution in [0, 0.1) is 13.8 Å². The molecular formula is C27H31N3O3. The quantitative estimate of drug-likeness (QED) is 0.661. The molecular weight excluding hydrogens is 414 g/mol. The molecule has 6 heteroatoms. The smallest absolute Gasteiger partial charge is 0.277 e. The lowest BCUT2D eigenvalue weighted by Crippen LogP contribution is -2.48. The van der Waals surface area contributed by atoms with Gasteiger partial charge in [0.1, 0.15) is 5.70 Å². The number of carbonyl (C=O) groups excluding carboxylic acids is 2. The normalized spacial score (nSPS) is 21.5. The van der Waals surface area contributed by atoms with E-state index in [1.54, 1.807) is 0 Å². The summed E-state index contributed by atoms with van der Waals surface area (Å²) in [7, 11) is 0. The molecule has 3 aliphatic rings. The summed E-state index contributed by atoms with van der Waals surface area (Å²) in [4.78, 5) is 33.0. The van der Waals surface area contributed by atoms with Gasteiger partial charge in [0.25, 0.3) is 11.8 Å². The van der Waals surface area contributed by atoms with Gasteiger partial charge in [0.05, 0.1) is 18.2 Å². The van der Waals surface area contributed by atoms with Crippen LogP contribution in [-0.4, -0.2) is 67.0 Å². The SMILES string of the molecule is Cc1ccc(C2=C(N3CCN(c4cccc(C)c4)CC3)C(=O)N(CC3CCCO3)C2=O)cc1. The van der Waals surface area contributed by atoms with Crippen LogP contribution in [0.25, 0.3) is 5.57 Å². The Bertz CT molecular complexity index is 1080. The molecule has 0 aliphatic carbocycles. The zero-order valence-corrected chi connectivity index (χ0v) is 19.4. The number of nitrogens with zero attached hydrogens (tertiary/aromatic N) is 3. The molecule has 2 saturated heterocycles. The van der Waals surface area contributed by atoms with Gasteiger partial charge < -0.3 is 14.5 Å². The molecule has 1 atom stereocenters. The Morgan fingerprint density at radius 2 is 1.61 bits per heavy atom. The van der Waals surface area contributed by atoms with Crippen molar-refractivity contribution in [2.45, 2.75) is 32.8 Å². The minimum atomic E-state index is -0.199. The largest absolute Gasteiger partial charge is 0.376 e. The summed E-state index contributed by atoms with van der Waals surface area (Å²) in [5.41, 5.74) is 5.45. The fraction of sp³-hybridized carbons (Fsp3) is 0.407. The fourth-order valence-electron chi connectivity index (χ4n) is 5.01. The maximum atomic E-state index is 13.6. The summed E-state index contributed by atoms with van der Waals surface area (Å²) in [6, 6.07) is 16.4. The Morgan fingerprint density at radius 3 is 2.27 bits per heavy atom. The van der Waals surface area contributed by atoms with Crippen molar-refractivity contribution in [2.75, 3.05) is 44.2 Å². The van der Waals surface area contributed by atoms with E-state index < -0.39 is 0 Å². The molecule has 2 aromatic carbocycles. The molecule has 0 N–H and O–H groups in total. The number of piperazine rings is 1. The second kappa shape index (κ2) is 9.02.